The normalized spacial score (nSPS) is 16.8. The molecule has 0 radical (unpaired) electrons. The van der Waals surface area contributed by atoms with Gasteiger partial charge in [-0.2, -0.15) is 0 Å². The second kappa shape index (κ2) is 11.1. The van der Waals surface area contributed by atoms with Crippen LogP contribution in [0.3, 0.4) is 0 Å². The number of rotatable bonds is 7. The Morgan fingerprint density at radius 2 is 1.62 bits per heavy atom. The van der Waals surface area contributed by atoms with Crippen LogP contribution in [0.25, 0.3) is 0 Å². The van der Waals surface area contributed by atoms with Crippen LogP contribution >= 0.6 is 35.6 Å². The van der Waals surface area contributed by atoms with E-state index in [1.165, 1.54) is 5.56 Å². The lowest BCUT2D eigenvalue weighted by atomic mass is 10.0. The van der Waals surface area contributed by atoms with Gasteiger partial charge in [0, 0.05) is 21.8 Å². The average Bonchev–Trinajstić information content (AvgIpc) is 3.56. The molecular formula is C31H24ClN3O2S2. The second-order valence-electron chi connectivity index (χ2n) is 9.12. The molecule has 6 rings (SSSR count). The molecule has 0 amide bonds. The van der Waals surface area contributed by atoms with Gasteiger partial charge in [0.05, 0.1) is 11.7 Å². The number of thiocarbonyl (C=S) groups is 1. The van der Waals surface area contributed by atoms with Crippen molar-refractivity contribution in [1.82, 2.24) is 10.3 Å². The number of ether oxygens (including phenoxy) is 1. The zero-order chi connectivity index (χ0) is 26.8. The summed E-state index contributed by atoms with van der Waals surface area (Å²) in [6.45, 7) is 2.05. The molecule has 194 valence electrons. The molecule has 3 aromatic carbocycles. The Kier molecular flexibility index (Phi) is 7.28. The Morgan fingerprint density at radius 3 is 2.31 bits per heavy atom. The minimum Gasteiger partial charge on any atom is -0.457 e. The standard InChI is InChI=1S/C31H24ClN3O2S2/c1-20-5-11-23(12-6-20)36-24-13-9-22(10-14-24)35-30(29(34-31(35)38)26-4-2-3-19-33-26)27-17-18-28(37-27)39-25-15-7-21(32)8-16-25/h2-19,29-30H,1H3,(H,34,38)/t29-,30+/m0/s1. The third-order valence-corrected chi connectivity index (χ3v) is 7.89. The van der Waals surface area contributed by atoms with Gasteiger partial charge in [0.2, 0.25) is 0 Å². The molecule has 0 saturated carbocycles. The largest absolute Gasteiger partial charge is 0.457 e. The van der Waals surface area contributed by atoms with E-state index in [4.69, 9.17) is 33.0 Å². The van der Waals surface area contributed by atoms with Crippen LogP contribution in [0.4, 0.5) is 5.69 Å². The van der Waals surface area contributed by atoms with Gasteiger partial charge >= 0.3 is 0 Å². The van der Waals surface area contributed by atoms with Crippen LogP contribution in [0.15, 0.2) is 124 Å². The highest BCUT2D eigenvalue weighted by atomic mass is 35.5. The molecule has 5 nitrogen and oxygen atoms in total. The van der Waals surface area contributed by atoms with Gasteiger partial charge in [-0.3, -0.25) is 4.98 Å². The van der Waals surface area contributed by atoms with Crippen molar-refractivity contribution in [1.29, 1.82) is 0 Å². The summed E-state index contributed by atoms with van der Waals surface area (Å²) in [5.41, 5.74) is 3.00. The van der Waals surface area contributed by atoms with Gasteiger partial charge < -0.3 is 19.4 Å². The van der Waals surface area contributed by atoms with E-state index in [1.807, 2.05) is 103 Å². The molecule has 0 unspecified atom stereocenters. The quantitative estimate of drug-likeness (QED) is 0.197. The van der Waals surface area contributed by atoms with Gasteiger partial charge in [-0.05, 0) is 104 Å². The minimum atomic E-state index is -0.240. The summed E-state index contributed by atoms with van der Waals surface area (Å²) >= 11 is 13.4. The van der Waals surface area contributed by atoms with Gasteiger partial charge in [-0.25, -0.2) is 0 Å². The third-order valence-electron chi connectivity index (χ3n) is 6.40. The number of aryl methyl sites for hydroxylation is 1. The summed E-state index contributed by atoms with van der Waals surface area (Å²) in [7, 11) is 0. The van der Waals surface area contributed by atoms with E-state index in [1.54, 1.807) is 18.0 Å². The molecule has 8 heteroatoms. The maximum Gasteiger partial charge on any atom is 0.174 e. The van der Waals surface area contributed by atoms with Gasteiger partial charge in [-0.15, -0.1) is 0 Å². The molecule has 0 spiro atoms. The van der Waals surface area contributed by atoms with Crippen LogP contribution in [0.2, 0.25) is 5.02 Å². The fourth-order valence-electron chi connectivity index (χ4n) is 4.51. The SMILES string of the molecule is Cc1ccc(Oc2ccc(N3C(=S)N[C@@H](c4ccccn4)[C@H]3c3ccc(Sc4ccc(Cl)cc4)o3)cc2)cc1. The molecule has 1 N–H and O–H groups in total. The number of nitrogens with one attached hydrogen (secondary N) is 1. The maximum atomic E-state index is 6.40. The first kappa shape index (κ1) is 25.5. The van der Waals surface area contributed by atoms with E-state index in [-0.39, 0.29) is 12.1 Å². The van der Waals surface area contributed by atoms with Crippen molar-refractivity contribution < 1.29 is 9.15 Å². The molecule has 0 aliphatic carbocycles. The van der Waals surface area contributed by atoms with E-state index in [2.05, 4.69) is 22.1 Å². The number of nitrogens with zero attached hydrogens (tertiary/aromatic N) is 2. The Labute approximate surface area is 241 Å². The van der Waals surface area contributed by atoms with Gasteiger partial charge in [0.15, 0.2) is 10.2 Å². The van der Waals surface area contributed by atoms with Crippen molar-refractivity contribution in [3.63, 3.8) is 0 Å². The van der Waals surface area contributed by atoms with E-state index in [0.717, 1.165) is 38.6 Å². The predicted molar refractivity (Wildman–Crippen MR) is 160 cm³/mol. The summed E-state index contributed by atoms with van der Waals surface area (Å²) < 4.78 is 12.4. The molecule has 1 aliphatic heterocycles. The highest BCUT2D eigenvalue weighted by Crippen LogP contribution is 2.44. The second-order valence-corrected chi connectivity index (χ2v) is 11.0. The molecular weight excluding hydrogens is 546 g/mol. The van der Waals surface area contributed by atoms with Crippen molar-refractivity contribution in [2.24, 2.45) is 0 Å². The lowest BCUT2D eigenvalue weighted by Gasteiger charge is -2.26. The summed E-state index contributed by atoms with van der Waals surface area (Å²) in [5, 5.41) is 5.56. The molecule has 5 aromatic rings. The molecule has 1 fully saturated rings. The van der Waals surface area contributed by atoms with E-state index < -0.39 is 0 Å². The Balaban J connectivity index is 1.30. The van der Waals surface area contributed by atoms with Crippen LogP contribution in [0, 0.1) is 6.92 Å². The zero-order valence-corrected chi connectivity index (χ0v) is 23.3. The van der Waals surface area contributed by atoms with Crippen LogP contribution in [-0.2, 0) is 0 Å². The Bertz CT molecular complexity index is 1570. The van der Waals surface area contributed by atoms with Gasteiger partial charge in [-0.1, -0.05) is 47.1 Å². The summed E-state index contributed by atoms with van der Waals surface area (Å²) in [6, 6.07) is 33.1. The predicted octanol–water partition coefficient (Wildman–Crippen LogP) is 8.76. The minimum absolute atomic E-state index is 0.193. The molecule has 3 heterocycles. The Morgan fingerprint density at radius 1 is 0.897 bits per heavy atom. The monoisotopic (exact) mass is 569 g/mol. The lowest BCUT2D eigenvalue weighted by molar-refractivity contribution is 0.383. The number of hydrogen-bond acceptors (Lipinski definition) is 5. The first-order chi connectivity index (χ1) is 19.0. The fourth-order valence-corrected chi connectivity index (χ4v) is 5.76. The molecule has 2 aromatic heterocycles. The van der Waals surface area contributed by atoms with Crippen molar-refractivity contribution >= 4 is 46.4 Å². The number of pyridine rings is 1. The lowest BCUT2D eigenvalue weighted by Crippen LogP contribution is -2.29. The van der Waals surface area contributed by atoms with Crippen LogP contribution < -0.4 is 15.0 Å². The van der Waals surface area contributed by atoms with E-state index in [0.29, 0.717) is 10.1 Å². The number of aromatic nitrogens is 1. The van der Waals surface area contributed by atoms with Crippen molar-refractivity contribution in [3.05, 3.63) is 131 Å². The van der Waals surface area contributed by atoms with Crippen molar-refractivity contribution in [3.8, 4) is 11.5 Å². The number of furan rings is 1. The van der Waals surface area contributed by atoms with Crippen LogP contribution in [-0.4, -0.2) is 10.1 Å². The smallest absolute Gasteiger partial charge is 0.174 e. The summed E-state index contributed by atoms with van der Waals surface area (Å²) in [5.74, 6) is 2.33. The van der Waals surface area contributed by atoms with Crippen LogP contribution in [0.1, 0.15) is 29.1 Å². The Hall–Kier alpha value is -3.78. The fraction of sp³-hybridized carbons (Fsp3) is 0.0968. The van der Waals surface area contributed by atoms with E-state index >= 15 is 0 Å². The molecule has 1 aliphatic rings. The van der Waals surface area contributed by atoms with Gasteiger partial charge in [0.1, 0.15) is 23.3 Å². The van der Waals surface area contributed by atoms with Crippen LogP contribution in [0.5, 0.6) is 11.5 Å². The number of benzene rings is 3. The number of anilines is 1. The topological polar surface area (TPSA) is 50.5 Å². The van der Waals surface area contributed by atoms with E-state index in [9.17, 15) is 0 Å². The molecule has 1 saturated heterocycles. The summed E-state index contributed by atoms with van der Waals surface area (Å²) in [4.78, 5) is 7.75. The third kappa shape index (κ3) is 5.66. The van der Waals surface area contributed by atoms with Crippen molar-refractivity contribution in [2.45, 2.75) is 29.0 Å². The first-order valence-electron chi connectivity index (χ1n) is 12.4. The zero-order valence-electron chi connectivity index (χ0n) is 21.0. The maximum absolute atomic E-state index is 6.40. The van der Waals surface area contributed by atoms with Crippen molar-refractivity contribution in [2.75, 3.05) is 4.90 Å². The number of hydrogen-bond donors (Lipinski definition) is 1. The average molecular weight is 570 g/mol. The molecule has 0 bridgehead atoms. The first-order valence-corrected chi connectivity index (χ1v) is 14.0. The highest BCUT2D eigenvalue weighted by Gasteiger charge is 2.42. The summed E-state index contributed by atoms with van der Waals surface area (Å²) in [6.07, 6.45) is 1.79. The van der Waals surface area contributed by atoms with Gasteiger partial charge in [0.25, 0.3) is 0 Å². The molecule has 2 atom stereocenters. The molecule has 39 heavy (non-hydrogen) atoms. The number of halogens is 1. The highest BCUT2D eigenvalue weighted by molar-refractivity contribution is 7.99.